The van der Waals surface area contributed by atoms with Crippen LogP contribution in [0.5, 0.6) is 0 Å². The zero-order chi connectivity index (χ0) is 21.7. The van der Waals surface area contributed by atoms with Crippen LogP contribution >= 0.6 is 0 Å². The summed E-state index contributed by atoms with van der Waals surface area (Å²) < 4.78 is 0. The molecule has 0 aliphatic heterocycles. The predicted octanol–water partition coefficient (Wildman–Crippen LogP) is 1.36. The van der Waals surface area contributed by atoms with Gasteiger partial charge in [0.05, 0.1) is 11.1 Å². The van der Waals surface area contributed by atoms with Gasteiger partial charge in [0.15, 0.2) is 11.6 Å². The van der Waals surface area contributed by atoms with Crippen molar-refractivity contribution in [3.05, 3.63) is 106 Å². The quantitative estimate of drug-likeness (QED) is 0.212. The first-order valence-corrected chi connectivity index (χ1v) is 8.87. The second kappa shape index (κ2) is 8.91. The summed E-state index contributed by atoms with van der Waals surface area (Å²) in [6.45, 7) is 0. The Balaban J connectivity index is 2.01. The molecule has 0 heterocycles. The summed E-state index contributed by atoms with van der Waals surface area (Å²) in [4.78, 5) is 50.0. The van der Waals surface area contributed by atoms with Crippen LogP contribution in [0.2, 0.25) is 0 Å². The molecule has 0 aliphatic rings. The molecule has 3 aromatic rings. The second-order valence-electron chi connectivity index (χ2n) is 6.28. The maximum absolute atomic E-state index is 13.0. The van der Waals surface area contributed by atoms with Gasteiger partial charge < -0.3 is 0 Å². The molecule has 0 aromatic heterocycles. The number of hydrazine groups is 2. The molecular formula is C22H18N4O4. The Kier molecular flexibility index (Phi) is 6.11. The molecule has 150 valence electrons. The van der Waals surface area contributed by atoms with E-state index in [1.807, 2.05) is 10.9 Å². The van der Waals surface area contributed by atoms with Crippen LogP contribution < -0.4 is 22.5 Å². The van der Waals surface area contributed by atoms with E-state index in [1.54, 1.807) is 30.3 Å². The van der Waals surface area contributed by atoms with E-state index < -0.39 is 23.4 Å². The summed E-state index contributed by atoms with van der Waals surface area (Å²) in [6, 6.07) is 18.5. The minimum absolute atomic E-state index is 0.117. The van der Waals surface area contributed by atoms with Gasteiger partial charge in [0.2, 0.25) is 0 Å². The maximum atomic E-state index is 13.0. The Morgan fingerprint density at radius 1 is 0.533 bits per heavy atom. The van der Waals surface area contributed by atoms with Gasteiger partial charge in [-0.2, -0.15) is 0 Å². The van der Waals surface area contributed by atoms with Gasteiger partial charge in [-0.05, 0) is 18.2 Å². The SMILES string of the molecule is NNC(=O)c1ccccc1C(=O)c1cccc(C(=O)c2ccccc2C(=O)NN)c1. The molecule has 0 atom stereocenters. The predicted molar refractivity (Wildman–Crippen MR) is 109 cm³/mol. The lowest BCUT2D eigenvalue weighted by molar-refractivity contribution is 0.0939. The first kappa shape index (κ1) is 20.6. The first-order valence-electron chi connectivity index (χ1n) is 8.87. The van der Waals surface area contributed by atoms with Gasteiger partial charge in [0.25, 0.3) is 11.8 Å². The summed E-state index contributed by atoms with van der Waals surface area (Å²) >= 11 is 0. The number of benzene rings is 3. The zero-order valence-corrected chi connectivity index (χ0v) is 15.7. The fourth-order valence-electron chi connectivity index (χ4n) is 3.03. The lowest BCUT2D eigenvalue weighted by Crippen LogP contribution is -2.31. The molecule has 0 saturated heterocycles. The lowest BCUT2D eigenvalue weighted by Gasteiger charge is -2.10. The second-order valence-corrected chi connectivity index (χ2v) is 6.28. The van der Waals surface area contributed by atoms with E-state index in [2.05, 4.69) is 0 Å². The Labute approximate surface area is 171 Å². The van der Waals surface area contributed by atoms with Gasteiger partial charge in [0, 0.05) is 22.3 Å². The van der Waals surface area contributed by atoms with Gasteiger partial charge in [-0.15, -0.1) is 0 Å². The molecule has 0 bridgehead atoms. The van der Waals surface area contributed by atoms with Crippen LogP contribution in [0.3, 0.4) is 0 Å². The van der Waals surface area contributed by atoms with Crippen LogP contribution in [0.1, 0.15) is 52.6 Å². The van der Waals surface area contributed by atoms with Crippen molar-refractivity contribution in [3.63, 3.8) is 0 Å². The largest absolute Gasteiger partial charge is 0.290 e. The van der Waals surface area contributed by atoms with Gasteiger partial charge >= 0.3 is 0 Å². The monoisotopic (exact) mass is 402 g/mol. The van der Waals surface area contributed by atoms with Gasteiger partial charge in [-0.1, -0.05) is 54.6 Å². The third kappa shape index (κ3) is 4.00. The van der Waals surface area contributed by atoms with Crippen molar-refractivity contribution in [3.8, 4) is 0 Å². The summed E-state index contributed by atoms with van der Waals surface area (Å²) in [5.74, 6) is 8.28. The van der Waals surface area contributed by atoms with Crippen LogP contribution in [0.25, 0.3) is 0 Å². The Morgan fingerprint density at radius 2 is 0.900 bits per heavy atom. The van der Waals surface area contributed by atoms with Crippen LogP contribution in [-0.2, 0) is 0 Å². The normalized spacial score (nSPS) is 10.2. The van der Waals surface area contributed by atoms with Gasteiger partial charge in [-0.25, -0.2) is 11.7 Å². The van der Waals surface area contributed by atoms with Crippen LogP contribution in [0.4, 0.5) is 0 Å². The molecular weight excluding hydrogens is 384 g/mol. The molecule has 2 amide bonds. The van der Waals surface area contributed by atoms with E-state index in [0.717, 1.165) is 0 Å². The molecule has 6 N–H and O–H groups in total. The zero-order valence-electron chi connectivity index (χ0n) is 15.7. The third-order valence-electron chi connectivity index (χ3n) is 4.48. The van der Waals surface area contributed by atoms with Crippen LogP contribution in [0.15, 0.2) is 72.8 Å². The summed E-state index contributed by atoms with van der Waals surface area (Å²) in [6.07, 6.45) is 0. The molecule has 8 nitrogen and oxygen atoms in total. The molecule has 0 spiro atoms. The summed E-state index contributed by atoms with van der Waals surface area (Å²) in [5, 5.41) is 0. The Hall–Kier alpha value is -4.14. The van der Waals surface area contributed by atoms with Crippen molar-refractivity contribution in [1.82, 2.24) is 10.9 Å². The number of hydrogen-bond acceptors (Lipinski definition) is 6. The number of rotatable bonds is 6. The molecule has 0 unspecified atom stereocenters. The van der Waals surface area contributed by atoms with Crippen molar-refractivity contribution < 1.29 is 19.2 Å². The summed E-state index contributed by atoms with van der Waals surface area (Å²) in [5.41, 5.74) is 4.96. The highest BCUT2D eigenvalue weighted by Crippen LogP contribution is 2.19. The molecule has 0 fully saturated rings. The van der Waals surface area contributed by atoms with Gasteiger partial charge in [0.1, 0.15) is 0 Å². The average Bonchev–Trinajstić information content (AvgIpc) is 2.82. The topological polar surface area (TPSA) is 144 Å². The standard InChI is InChI=1S/C22H18N4O4/c23-25-21(29)17-10-3-1-8-15(17)19(27)13-6-5-7-14(12-13)20(28)16-9-2-4-11-18(16)22(30)26-24/h1-12H,23-24H2,(H,25,29)(H,26,30). The number of nitrogen functional groups attached to an aromatic ring is 2. The van der Waals surface area contributed by atoms with E-state index in [1.165, 1.54) is 42.5 Å². The number of carbonyl (C=O) groups is 4. The van der Waals surface area contributed by atoms with Gasteiger partial charge in [-0.3, -0.25) is 30.0 Å². The van der Waals surface area contributed by atoms with E-state index >= 15 is 0 Å². The number of nitrogens with two attached hydrogens (primary N) is 2. The number of carbonyl (C=O) groups excluding carboxylic acids is 4. The van der Waals surface area contributed by atoms with Crippen LogP contribution in [0, 0.1) is 0 Å². The smallest absolute Gasteiger partial charge is 0.265 e. The van der Waals surface area contributed by atoms with E-state index in [9.17, 15) is 19.2 Å². The van der Waals surface area contributed by atoms with Crippen molar-refractivity contribution >= 4 is 23.4 Å². The Morgan fingerprint density at radius 3 is 1.27 bits per heavy atom. The number of hydrogen-bond donors (Lipinski definition) is 4. The molecule has 8 heteroatoms. The van der Waals surface area contributed by atoms with E-state index in [0.29, 0.717) is 0 Å². The van der Waals surface area contributed by atoms with Crippen molar-refractivity contribution in [1.29, 1.82) is 0 Å². The van der Waals surface area contributed by atoms with Crippen molar-refractivity contribution in [2.45, 2.75) is 0 Å². The van der Waals surface area contributed by atoms with Crippen LogP contribution in [-0.4, -0.2) is 23.4 Å². The fourth-order valence-corrected chi connectivity index (χ4v) is 3.03. The number of nitrogens with one attached hydrogen (secondary N) is 2. The molecule has 0 aliphatic carbocycles. The molecule has 30 heavy (non-hydrogen) atoms. The van der Waals surface area contributed by atoms with E-state index in [-0.39, 0.29) is 33.4 Å². The average molecular weight is 402 g/mol. The fraction of sp³-hybridized carbons (Fsp3) is 0. The maximum Gasteiger partial charge on any atom is 0.265 e. The molecule has 0 saturated carbocycles. The highest BCUT2D eigenvalue weighted by molar-refractivity contribution is 6.18. The number of amides is 2. The molecule has 0 radical (unpaired) electrons. The van der Waals surface area contributed by atoms with Crippen molar-refractivity contribution in [2.24, 2.45) is 11.7 Å². The van der Waals surface area contributed by atoms with E-state index in [4.69, 9.17) is 11.7 Å². The molecule has 3 rings (SSSR count). The third-order valence-corrected chi connectivity index (χ3v) is 4.48. The van der Waals surface area contributed by atoms with Crippen molar-refractivity contribution in [2.75, 3.05) is 0 Å². The highest BCUT2D eigenvalue weighted by Gasteiger charge is 2.21. The number of ketones is 2. The first-order chi connectivity index (χ1) is 14.5. The molecule has 3 aromatic carbocycles. The highest BCUT2D eigenvalue weighted by atomic mass is 16.2. The summed E-state index contributed by atoms with van der Waals surface area (Å²) in [7, 11) is 0. The minimum Gasteiger partial charge on any atom is -0.290 e. The lowest BCUT2D eigenvalue weighted by atomic mass is 9.93. The minimum atomic E-state index is -0.604. The Bertz CT molecular complexity index is 1070.